The van der Waals surface area contributed by atoms with Crippen LogP contribution < -0.4 is 11.1 Å². The van der Waals surface area contributed by atoms with Crippen LogP contribution >= 0.6 is 0 Å². The number of amides is 1. The molecule has 0 aliphatic rings. The van der Waals surface area contributed by atoms with E-state index in [-0.39, 0.29) is 18.7 Å². The summed E-state index contributed by atoms with van der Waals surface area (Å²) in [5, 5.41) is 24.6. The third kappa shape index (κ3) is 5.39. The number of nitrogens with zero attached hydrogens (tertiary/aromatic N) is 1. The van der Waals surface area contributed by atoms with Crippen LogP contribution in [0, 0.1) is 0 Å². The van der Waals surface area contributed by atoms with Crippen molar-refractivity contribution in [3.8, 4) is 11.1 Å². The summed E-state index contributed by atoms with van der Waals surface area (Å²) >= 11 is 0. The Kier molecular flexibility index (Phi) is 6.20. The summed E-state index contributed by atoms with van der Waals surface area (Å²) in [5.74, 6) is -3.34. The van der Waals surface area contributed by atoms with Gasteiger partial charge in [-0.15, -0.1) is 0 Å². The number of hydrogen-bond donors (Lipinski definition) is 4. The van der Waals surface area contributed by atoms with Gasteiger partial charge < -0.3 is 15.5 Å². The van der Waals surface area contributed by atoms with E-state index in [9.17, 15) is 19.5 Å². The maximum Gasteiger partial charge on any atom is 0.439 e. The molecule has 0 saturated heterocycles. The number of hydrogen-bond acceptors (Lipinski definition) is 6. The van der Waals surface area contributed by atoms with Crippen molar-refractivity contribution in [2.45, 2.75) is 25.0 Å². The Morgan fingerprint density at radius 2 is 1.72 bits per heavy atom. The van der Waals surface area contributed by atoms with Crippen LogP contribution in [0.1, 0.15) is 22.6 Å². The third-order valence-electron chi connectivity index (χ3n) is 4.33. The van der Waals surface area contributed by atoms with E-state index < -0.39 is 29.8 Å². The van der Waals surface area contributed by atoms with Crippen molar-refractivity contribution in [3.63, 3.8) is 0 Å². The van der Waals surface area contributed by atoms with Crippen molar-refractivity contribution in [1.82, 2.24) is 15.5 Å². The van der Waals surface area contributed by atoms with Crippen LogP contribution in [-0.4, -0.2) is 44.4 Å². The molecule has 0 spiro atoms. The van der Waals surface area contributed by atoms with E-state index in [0.717, 1.165) is 16.7 Å². The summed E-state index contributed by atoms with van der Waals surface area (Å²) in [4.78, 5) is 36.4. The number of aromatic amines is 1. The minimum absolute atomic E-state index is 0.219. The molecular weight excluding hydrogens is 378 g/mol. The van der Waals surface area contributed by atoms with E-state index in [1.165, 1.54) is 0 Å². The van der Waals surface area contributed by atoms with Crippen molar-refractivity contribution in [2.75, 3.05) is 0 Å². The van der Waals surface area contributed by atoms with Crippen LogP contribution in [0.2, 0.25) is 0 Å². The highest BCUT2D eigenvalue weighted by Gasteiger charge is 2.23. The number of aliphatic hydroxyl groups excluding tert-OH is 1. The first-order chi connectivity index (χ1) is 13.9. The molecule has 1 aromatic heterocycles. The lowest BCUT2D eigenvalue weighted by molar-refractivity contribution is -0.147. The number of carboxylic acids is 1. The highest BCUT2D eigenvalue weighted by molar-refractivity contribution is 5.90. The first kappa shape index (κ1) is 20.0. The fraction of sp³-hybridized carbons (Fsp3) is 0.200. The summed E-state index contributed by atoms with van der Waals surface area (Å²) in [5.41, 5.74) is 2.90. The van der Waals surface area contributed by atoms with Crippen molar-refractivity contribution < 1.29 is 24.3 Å². The fourth-order valence-corrected chi connectivity index (χ4v) is 2.89. The van der Waals surface area contributed by atoms with Gasteiger partial charge in [0.1, 0.15) is 0 Å². The summed E-state index contributed by atoms with van der Waals surface area (Å²) in [6, 6.07) is 16.7. The Labute approximate surface area is 165 Å². The normalized spacial score (nSPS) is 12.9. The predicted molar refractivity (Wildman–Crippen MR) is 102 cm³/mol. The van der Waals surface area contributed by atoms with Crippen molar-refractivity contribution >= 4 is 11.9 Å². The average Bonchev–Trinajstić information content (AvgIpc) is 3.15. The SMILES string of the molecule is O=C(N[C@H](Cc1ccc(-c2ccccc2)cc1)C[C@@H](O)C(=O)O)c1noc(=O)[nH]1. The van der Waals surface area contributed by atoms with Crippen molar-refractivity contribution in [3.05, 3.63) is 76.5 Å². The van der Waals surface area contributed by atoms with Gasteiger partial charge in [-0.25, -0.2) is 9.59 Å². The molecule has 1 heterocycles. The maximum absolute atomic E-state index is 12.2. The van der Waals surface area contributed by atoms with E-state index in [2.05, 4.69) is 20.0 Å². The van der Waals surface area contributed by atoms with Gasteiger partial charge in [0.05, 0.1) is 0 Å². The molecule has 150 valence electrons. The second kappa shape index (κ2) is 8.98. The summed E-state index contributed by atoms with van der Waals surface area (Å²) < 4.78 is 4.29. The number of carboxylic acid groups (broad SMARTS) is 1. The van der Waals surface area contributed by atoms with Crippen molar-refractivity contribution in [1.29, 1.82) is 0 Å². The quantitative estimate of drug-likeness (QED) is 0.447. The lowest BCUT2D eigenvalue weighted by Crippen LogP contribution is -2.41. The van der Waals surface area contributed by atoms with E-state index in [1.54, 1.807) is 0 Å². The number of carbonyl (C=O) groups is 2. The molecule has 2 atom stereocenters. The zero-order valence-corrected chi connectivity index (χ0v) is 15.2. The van der Waals surface area contributed by atoms with Gasteiger partial charge in [-0.05, 0) is 28.3 Å². The number of aliphatic hydroxyl groups is 1. The molecule has 2 aromatic carbocycles. The van der Waals surface area contributed by atoms with Gasteiger partial charge in [-0.1, -0.05) is 54.6 Å². The van der Waals surface area contributed by atoms with Gasteiger partial charge in [0.15, 0.2) is 6.10 Å². The molecule has 4 N–H and O–H groups in total. The number of aromatic nitrogens is 2. The molecule has 3 rings (SSSR count). The predicted octanol–water partition coefficient (Wildman–Crippen LogP) is 1.21. The maximum atomic E-state index is 12.2. The third-order valence-corrected chi connectivity index (χ3v) is 4.33. The fourth-order valence-electron chi connectivity index (χ4n) is 2.89. The lowest BCUT2D eigenvalue weighted by Gasteiger charge is -2.20. The number of rotatable bonds is 8. The van der Waals surface area contributed by atoms with Crippen LogP contribution in [0.25, 0.3) is 11.1 Å². The molecular formula is C20H19N3O6. The summed E-state index contributed by atoms with van der Waals surface area (Å²) in [6.07, 6.45) is -1.60. The van der Waals surface area contributed by atoms with Gasteiger partial charge in [0, 0.05) is 12.5 Å². The molecule has 3 aromatic rings. The van der Waals surface area contributed by atoms with Gasteiger partial charge in [-0.2, -0.15) is 0 Å². The second-order valence-electron chi connectivity index (χ2n) is 6.47. The molecule has 9 heteroatoms. The molecule has 0 bridgehead atoms. The molecule has 1 amide bonds. The number of benzene rings is 2. The number of H-pyrrole nitrogens is 1. The van der Waals surface area contributed by atoms with Crippen LogP contribution in [0.5, 0.6) is 0 Å². The minimum Gasteiger partial charge on any atom is -0.479 e. The Hall–Kier alpha value is -3.72. The molecule has 0 unspecified atom stereocenters. The molecule has 0 aliphatic carbocycles. The molecule has 29 heavy (non-hydrogen) atoms. The summed E-state index contributed by atoms with van der Waals surface area (Å²) in [6.45, 7) is 0. The Balaban J connectivity index is 1.74. The van der Waals surface area contributed by atoms with E-state index in [1.807, 2.05) is 54.6 Å². The molecule has 0 radical (unpaired) electrons. The number of nitrogens with one attached hydrogen (secondary N) is 2. The zero-order valence-electron chi connectivity index (χ0n) is 15.2. The van der Waals surface area contributed by atoms with E-state index >= 15 is 0 Å². The van der Waals surface area contributed by atoms with Crippen LogP contribution in [0.15, 0.2) is 63.9 Å². The Bertz CT molecular complexity index is 1030. The topological polar surface area (TPSA) is 146 Å². The largest absolute Gasteiger partial charge is 0.479 e. The molecule has 0 saturated carbocycles. The molecule has 0 fully saturated rings. The lowest BCUT2D eigenvalue weighted by atomic mass is 9.98. The first-order valence-electron chi connectivity index (χ1n) is 8.84. The van der Waals surface area contributed by atoms with Crippen LogP contribution in [0.4, 0.5) is 0 Å². The Morgan fingerprint density at radius 1 is 1.07 bits per heavy atom. The van der Waals surface area contributed by atoms with Gasteiger partial charge in [0.2, 0.25) is 5.82 Å². The number of aliphatic carboxylic acids is 1. The molecule has 9 nitrogen and oxygen atoms in total. The van der Waals surface area contributed by atoms with Gasteiger partial charge in [0.25, 0.3) is 5.91 Å². The van der Waals surface area contributed by atoms with Crippen LogP contribution in [0.3, 0.4) is 0 Å². The molecule has 0 aliphatic heterocycles. The number of carbonyl (C=O) groups excluding carboxylic acids is 1. The summed E-state index contributed by atoms with van der Waals surface area (Å²) in [7, 11) is 0. The minimum atomic E-state index is -1.65. The van der Waals surface area contributed by atoms with E-state index in [0.29, 0.717) is 0 Å². The van der Waals surface area contributed by atoms with Gasteiger partial charge in [-0.3, -0.25) is 14.3 Å². The standard InChI is InChI=1S/C20H19N3O6/c24-16(19(26)27)11-15(21-18(25)17-22-20(28)29-23-17)10-12-6-8-14(9-7-12)13-4-2-1-3-5-13/h1-9,15-16,24H,10-11H2,(H,21,25)(H,26,27)(H,22,23,28)/t15-,16-/m1/s1. The van der Waals surface area contributed by atoms with Crippen molar-refractivity contribution in [2.24, 2.45) is 0 Å². The average molecular weight is 397 g/mol. The smallest absolute Gasteiger partial charge is 0.439 e. The Morgan fingerprint density at radius 3 is 2.31 bits per heavy atom. The highest BCUT2D eigenvalue weighted by Crippen LogP contribution is 2.20. The monoisotopic (exact) mass is 397 g/mol. The highest BCUT2D eigenvalue weighted by atomic mass is 16.5. The zero-order chi connectivity index (χ0) is 20.8. The first-order valence-corrected chi connectivity index (χ1v) is 8.84. The van der Waals surface area contributed by atoms with Gasteiger partial charge >= 0.3 is 11.7 Å². The second-order valence-corrected chi connectivity index (χ2v) is 6.47. The van der Waals surface area contributed by atoms with E-state index in [4.69, 9.17) is 5.11 Å². The van der Waals surface area contributed by atoms with Crippen LogP contribution in [-0.2, 0) is 11.2 Å².